The molecule has 0 saturated heterocycles. The van der Waals surface area contributed by atoms with Gasteiger partial charge in [0.2, 0.25) is 0 Å². The fraction of sp³-hybridized carbons (Fsp3) is 0.333. The van der Waals surface area contributed by atoms with Crippen LogP contribution in [0.3, 0.4) is 0 Å². The van der Waals surface area contributed by atoms with Crippen molar-refractivity contribution in [1.82, 2.24) is 0 Å². The van der Waals surface area contributed by atoms with Crippen LogP contribution in [0.4, 0.5) is 0 Å². The monoisotopic (exact) mass is 274 g/mol. The van der Waals surface area contributed by atoms with Crippen LogP contribution in [-0.2, 0) is 6.42 Å². The van der Waals surface area contributed by atoms with Crippen molar-refractivity contribution in [3.63, 3.8) is 0 Å². The molecule has 2 aliphatic rings. The summed E-state index contributed by atoms with van der Waals surface area (Å²) in [5, 5.41) is 0. The summed E-state index contributed by atoms with van der Waals surface area (Å²) in [6, 6.07) is 16.1. The van der Waals surface area contributed by atoms with Gasteiger partial charge in [0.25, 0.3) is 0 Å². The van der Waals surface area contributed by atoms with Crippen LogP contribution in [0.15, 0.2) is 48.0 Å². The number of hydrogen-bond acceptors (Lipinski definition) is 0. The Morgan fingerprint density at radius 3 is 2.43 bits per heavy atom. The number of aryl methyl sites for hydroxylation is 3. The van der Waals surface area contributed by atoms with Gasteiger partial charge in [-0.1, -0.05) is 59.2 Å². The molecule has 4 rings (SSSR count). The fourth-order valence-electron chi connectivity index (χ4n) is 4.24. The zero-order chi connectivity index (χ0) is 14.4. The molecule has 0 amide bonds. The minimum atomic E-state index is 0.694. The van der Waals surface area contributed by atoms with Crippen molar-refractivity contribution < 1.29 is 0 Å². The van der Waals surface area contributed by atoms with Gasteiger partial charge >= 0.3 is 0 Å². The molecular formula is C21H22. The van der Waals surface area contributed by atoms with Crippen molar-refractivity contribution in [2.45, 2.75) is 45.4 Å². The van der Waals surface area contributed by atoms with Crippen LogP contribution in [0, 0.1) is 13.8 Å². The molecule has 2 aliphatic carbocycles. The molecule has 1 atom stereocenters. The highest BCUT2D eigenvalue weighted by Gasteiger charge is 2.29. The molecule has 0 saturated carbocycles. The first-order valence-corrected chi connectivity index (χ1v) is 8.08. The maximum atomic E-state index is 2.39. The Hall–Kier alpha value is -1.82. The van der Waals surface area contributed by atoms with E-state index in [1.165, 1.54) is 42.4 Å². The third kappa shape index (κ3) is 2.23. The Bertz CT molecular complexity index is 713. The molecule has 0 bridgehead atoms. The quantitative estimate of drug-likeness (QED) is 0.636. The largest absolute Gasteiger partial charge is 0.0654 e. The molecule has 0 radical (unpaired) electrons. The summed E-state index contributed by atoms with van der Waals surface area (Å²) < 4.78 is 0. The summed E-state index contributed by atoms with van der Waals surface area (Å²) >= 11 is 0. The molecule has 2 aromatic rings. The van der Waals surface area contributed by atoms with Gasteiger partial charge in [0.15, 0.2) is 0 Å². The van der Waals surface area contributed by atoms with E-state index >= 15 is 0 Å². The lowest BCUT2D eigenvalue weighted by atomic mass is 9.87. The van der Waals surface area contributed by atoms with Crippen LogP contribution in [0.2, 0.25) is 0 Å². The van der Waals surface area contributed by atoms with E-state index in [1.54, 1.807) is 22.3 Å². The summed E-state index contributed by atoms with van der Waals surface area (Å²) in [5.41, 5.74) is 10.8. The lowest BCUT2D eigenvalue weighted by Gasteiger charge is -2.18. The molecule has 0 spiro atoms. The van der Waals surface area contributed by atoms with Gasteiger partial charge in [-0.25, -0.2) is 0 Å². The van der Waals surface area contributed by atoms with Crippen molar-refractivity contribution >= 4 is 5.57 Å². The molecule has 0 aliphatic heterocycles. The van der Waals surface area contributed by atoms with Crippen LogP contribution in [0.5, 0.6) is 0 Å². The Morgan fingerprint density at radius 1 is 0.857 bits per heavy atom. The first kappa shape index (κ1) is 12.9. The highest BCUT2D eigenvalue weighted by atomic mass is 14.3. The molecule has 2 aromatic carbocycles. The normalized spacial score (nSPS) is 20.4. The van der Waals surface area contributed by atoms with Crippen molar-refractivity contribution in [3.05, 3.63) is 75.9 Å². The molecule has 21 heavy (non-hydrogen) atoms. The van der Waals surface area contributed by atoms with Gasteiger partial charge in [0, 0.05) is 0 Å². The van der Waals surface area contributed by atoms with E-state index in [4.69, 9.17) is 0 Å². The second-order valence-corrected chi connectivity index (χ2v) is 6.77. The average Bonchev–Trinajstić information content (AvgIpc) is 2.91. The van der Waals surface area contributed by atoms with Crippen LogP contribution in [0.1, 0.15) is 53.0 Å². The Labute approximate surface area is 127 Å². The molecule has 106 valence electrons. The second kappa shape index (κ2) is 4.87. The average molecular weight is 274 g/mol. The van der Waals surface area contributed by atoms with E-state index < -0.39 is 0 Å². The highest BCUT2D eigenvalue weighted by Crippen LogP contribution is 2.48. The number of rotatable bonds is 1. The maximum Gasteiger partial charge on any atom is -0.00836 e. The molecule has 1 unspecified atom stereocenters. The zero-order valence-corrected chi connectivity index (χ0v) is 12.9. The van der Waals surface area contributed by atoms with Gasteiger partial charge in [0.1, 0.15) is 0 Å². The number of allylic oxidation sites excluding steroid dienone is 2. The predicted molar refractivity (Wildman–Crippen MR) is 89.6 cm³/mol. The predicted octanol–water partition coefficient (Wildman–Crippen LogP) is 5.58. The van der Waals surface area contributed by atoms with Gasteiger partial charge in [-0.3, -0.25) is 0 Å². The molecule has 0 heterocycles. The van der Waals surface area contributed by atoms with E-state index in [9.17, 15) is 0 Å². The molecule has 0 heteroatoms. The van der Waals surface area contributed by atoms with Crippen molar-refractivity contribution in [3.8, 4) is 0 Å². The Morgan fingerprint density at radius 2 is 1.62 bits per heavy atom. The Kier molecular flexibility index (Phi) is 2.99. The van der Waals surface area contributed by atoms with E-state index in [0.717, 1.165) is 0 Å². The summed E-state index contributed by atoms with van der Waals surface area (Å²) in [7, 11) is 0. The van der Waals surface area contributed by atoms with E-state index in [2.05, 4.69) is 56.3 Å². The van der Waals surface area contributed by atoms with Crippen LogP contribution in [-0.4, -0.2) is 0 Å². The summed E-state index contributed by atoms with van der Waals surface area (Å²) in [5.74, 6) is 0.694. The lowest BCUT2D eigenvalue weighted by molar-refractivity contribution is 0.727. The van der Waals surface area contributed by atoms with Crippen LogP contribution in [0.25, 0.3) is 5.57 Å². The van der Waals surface area contributed by atoms with E-state index in [1.807, 2.05) is 0 Å². The maximum absolute atomic E-state index is 2.39. The van der Waals surface area contributed by atoms with Gasteiger partial charge < -0.3 is 0 Å². The van der Waals surface area contributed by atoms with Crippen LogP contribution >= 0.6 is 0 Å². The summed E-state index contributed by atoms with van der Waals surface area (Å²) in [6.45, 7) is 4.43. The van der Waals surface area contributed by atoms with E-state index in [0.29, 0.717) is 5.92 Å². The molecule has 0 fully saturated rings. The van der Waals surface area contributed by atoms with E-state index in [-0.39, 0.29) is 0 Å². The molecular weight excluding hydrogens is 252 g/mol. The summed E-state index contributed by atoms with van der Waals surface area (Å²) in [4.78, 5) is 0. The van der Waals surface area contributed by atoms with Gasteiger partial charge in [-0.05, 0) is 67.7 Å². The topological polar surface area (TPSA) is 0 Å². The minimum Gasteiger partial charge on any atom is -0.0654 e. The first-order valence-electron chi connectivity index (χ1n) is 8.08. The molecule has 0 nitrogen and oxygen atoms in total. The lowest BCUT2D eigenvalue weighted by Crippen LogP contribution is -2.00. The standard InChI is InChI=1S/C21H22/c1-14-9-15(2)11-18(10-14)19-12-17-8-7-16-5-3-4-6-20(16)21(17)13-19/h3-6,9-11,19H,7-8,12-13H2,1-2H3. The first-order chi connectivity index (χ1) is 10.2. The van der Waals surface area contributed by atoms with Crippen LogP contribution < -0.4 is 0 Å². The molecule has 0 N–H and O–H groups in total. The summed E-state index contributed by atoms with van der Waals surface area (Å²) in [6.07, 6.45) is 5.00. The fourth-order valence-corrected chi connectivity index (χ4v) is 4.24. The second-order valence-electron chi connectivity index (χ2n) is 6.77. The highest BCUT2D eigenvalue weighted by molar-refractivity contribution is 5.76. The molecule has 0 aromatic heterocycles. The zero-order valence-electron chi connectivity index (χ0n) is 12.9. The minimum absolute atomic E-state index is 0.694. The smallest absolute Gasteiger partial charge is 0.00836 e. The van der Waals surface area contributed by atoms with Crippen molar-refractivity contribution in [1.29, 1.82) is 0 Å². The van der Waals surface area contributed by atoms with Crippen molar-refractivity contribution in [2.75, 3.05) is 0 Å². The third-order valence-corrected chi connectivity index (χ3v) is 5.12. The van der Waals surface area contributed by atoms with Gasteiger partial charge in [0.05, 0.1) is 0 Å². The SMILES string of the molecule is Cc1cc(C)cc(C2CC3=C(C2)c2ccccc2CC3)c1. The van der Waals surface area contributed by atoms with Gasteiger partial charge in [-0.2, -0.15) is 0 Å². The van der Waals surface area contributed by atoms with Gasteiger partial charge in [-0.15, -0.1) is 0 Å². The number of hydrogen-bond donors (Lipinski definition) is 0. The van der Waals surface area contributed by atoms with Crippen molar-refractivity contribution in [2.24, 2.45) is 0 Å². The third-order valence-electron chi connectivity index (χ3n) is 5.12. The Balaban J connectivity index is 1.68. The number of benzene rings is 2. The number of fused-ring (bicyclic) bond motifs is 2.